The Hall–Kier alpha value is -6.21. The number of carboxylic acids is 1. The predicted octanol–water partition coefficient (Wildman–Crippen LogP) is 10.7. The van der Waals surface area contributed by atoms with Gasteiger partial charge in [-0.2, -0.15) is 10.2 Å². The van der Waals surface area contributed by atoms with Gasteiger partial charge in [-0.3, -0.25) is 9.59 Å². The van der Waals surface area contributed by atoms with Crippen LogP contribution in [0.15, 0.2) is 96.5 Å². The van der Waals surface area contributed by atoms with Crippen molar-refractivity contribution in [3.05, 3.63) is 129 Å². The van der Waals surface area contributed by atoms with Crippen molar-refractivity contribution in [2.75, 3.05) is 80.2 Å². The molecule has 6 aromatic heterocycles. The van der Waals surface area contributed by atoms with E-state index in [4.69, 9.17) is 51.4 Å². The van der Waals surface area contributed by atoms with Crippen molar-refractivity contribution in [2.24, 2.45) is 0 Å². The first-order valence-corrected chi connectivity index (χ1v) is 27.9. The van der Waals surface area contributed by atoms with Crippen LogP contribution in [0.1, 0.15) is 35.6 Å². The maximum atomic E-state index is 14.4. The van der Waals surface area contributed by atoms with Gasteiger partial charge in [-0.15, -0.1) is 62.0 Å². The standard InChI is InChI=1S/C21H21ClFN9O.C11H14ClFN2.C10H9N7O2.C6H3BrClF.C5H12N2.2CH4.5ClH/c1-12-9-30(15-3-2-13(22)8-14(15)23)6-7-31(12)16(33)10-32-21-17(19(24)27-11-28-21)18(29-32)20-25-4-5-26-20;1-8-7-15(5-4-14-8)11-3-2-9(12)6-10(11)13;11-8-6-7(9-12-1-2-13-9)16-17(3-5(18)19)10(6)15-4-14-8;7-5-2-1-4(8)3-6(5)9;1-5-4-6-2-3-7-5;;;;;;;/h2-5,8,11-12H,6-7,9-10H2,1H3,(H,25,26)(H2,24,27,28);2-3,6,8,14H,4-5,7H2,1H3;1-2,4H,3H2,(H,12,13)(H,18,19)(H2,11,14,15);1-3H;5-7H,2-4H2,1H3;2*1H4;5*1H/t12-;8-;;;5-;;;;;;;/m00..0......./s1. The maximum Gasteiger partial charge on any atom is 0.325 e. The lowest BCUT2D eigenvalue weighted by molar-refractivity contribution is -0.138. The number of benzene rings is 3. The summed E-state index contributed by atoms with van der Waals surface area (Å²) in [5.74, 6) is -0.598. The van der Waals surface area contributed by atoms with Crippen LogP contribution in [-0.2, 0) is 22.7 Å². The van der Waals surface area contributed by atoms with Gasteiger partial charge in [0.1, 0.15) is 66.2 Å². The van der Waals surface area contributed by atoms with Gasteiger partial charge in [-0.25, -0.2) is 52.4 Å². The van der Waals surface area contributed by atoms with E-state index >= 15 is 0 Å². The van der Waals surface area contributed by atoms with Gasteiger partial charge in [0.05, 0.1) is 26.6 Å². The summed E-state index contributed by atoms with van der Waals surface area (Å²) in [7, 11) is 0. The molecule has 0 bridgehead atoms. The number of anilines is 4. The molecule has 9 aromatic rings. The summed E-state index contributed by atoms with van der Waals surface area (Å²) in [6, 6.07) is 14.8. The molecule has 0 unspecified atom stereocenters. The number of aliphatic carboxylic acids is 1. The first kappa shape index (κ1) is 81.8. The van der Waals surface area contributed by atoms with Crippen LogP contribution < -0.4 is 37.2 Å². The first-order chi connectivity index (χ1) is 39.8. The molecule has 1 amide bonds. The zero-order chi connectivity index (χ0) is 59.3. The van der Waals surface area contributed by atoms with Crippen LogP contribution in [0.3, 0.4) is 0 Å². The number of fused-ring (bicyclic) bond motifs is 2. The van der Waals surface area contributed by atoms with Crippen molar-refractivity contribution in [3.63, 3.8) is 0 Å². The Bertz CT molecular complexity index is 3650. The molecule has 3 fully saturated rings. The Kier molecular flexibility index (Phi) is 35.1. The molecular formula is C55H72BrCl8F3N20O3. The van der Waals surface area contributed by atoms with E-state index in [-0.39, 0.29) is 131 Å². The summed E-state index contributed by atoms with van der Waals surface area (Å²) in [4.78, 5) is 60.3. The fraction of sp³-hybridized carbons (Fsp3) is 0.345. The molecule has 0 saturated carbocycles. The third kappa shape index (κ3) is 21.4. The number of nitrogen functional groups attached to an aromatic ring is 2. The Balaban J connectivity index is 0.000000609. The van der Waals surface area contributed by atoms with Gasteiger partial charge >= 0.3 is 5.97 Å². The second-order valence-corrected chi connectivity index (χ2v) is 21.4. The van der Waals surface area contributed by atoms with Crippen LogP contribution >= 0.6 is 113 Å². The number of hydrogen-bond donors (Lipinski definition) is 8. The van der Waals surface area contributed by atoms with Crippen LogP contribution in [0.25, 0.3) is 45.1 Å². The number of aromatic amines is 2. The number of nitrogens with one attached hydrogen (secondary N) is 5. The fourth-order valence-electron chi connectivity index (χ4n) is 9.19. The molecule has 3 atom stereocenters. The fourth-order valence-corrected chi connectivity index (χ4v) is 9.91. The molecule has 12 rings (SSSR count). The van der Waals surface area contributed by atoms with Crippen molar-refractivity contribution < 1.29 is 27.9 Å². The van der Waals surface area contributed by atoms with Crippen LogP contribution in [0.5, 0.6) is 0 Å². The minimum absolute atomic E-state index is 0. The highest BCUT2D eigenvalue weighted by atomic mass is 79.9. The molecular weight excluding hydrogens is 1410 g/mol. The van der Waals surface area contributed by atoms with Gasteiger partial charge in [0.2, 0.25) is 5.91 Å². The molecule has 35 heteroatoms. The average Bonchev–Trinajstić information content (AvgIpc) is 1.64. The molecule has 0 spiro atoms. The van der Waals surface area contributed by atoms with Crippen molar-refractivity contribution in [2.45, 2.75) is 66.8 Å². The number of carbonyl (C=O) groups is 2. The Morgan fingerprint density at radius 1 is 0.622 bits per heavy atom. The lowest BCUT2D eigenvalue weighted by atomic mass is 10.1. The largest absolute Gasteiger partial charge is 0.480 e. The molecule has 494 valence electrons. The monoisotopic (exact) mass is 1480 g/mol. The molecule has 9 heterocycles. The van der Waals surface area contributed by atoms with Crippen LogP contribution in [-0.4, -0.2) is 158 Å². The topological polar surface area (TPSA) is 297 Å². The van der Waals surface area contributed by atoms with Crippen molar-refractivity contribution in [1.82, 2.24) is 80.3 Å². The van der Waals surface area contributed by atoms with Gasteiger partial charge in [-0.05, 0) is 91.3 Å². The molecule has 3 saturated heterocycles. The van der Waals surface area contributed by atoms with Crippen molar-refractivity contribution in [3.8, 4) is 23.0 Å². The lowest BCUT2D eigenvalue weighted by Crippen LogP contribution is -2.55. The van der Waals surface area contributed by atoms with E-state index in [2.05, 4.69) is 95.8 Å². The van der Waals surface area contributed by atoms with E-state index in [0.717, 1.165) is 39.3 Å². The molecule has 10 N–H and O–H groups in total. The van der Waals surface area contributed by atoms with Crippen LogP contribution in [0, 0.1) is 17.5 Å². The summed E-state index contributed by atoms with van der Waals surface area (Å²) < 4.78 is 43.6. The molecule has 3 aromatic carbocycles. The maximum absolute atomic E-state index is 14.4. The number of rotatable bonds is 8. The number of hydrogen-bond acceptors (Lipinski definition) is 17. The molecule has 23 nitrogen and oxygen atoms in total. The van der Waals surface area contributed by atoms with Gasteiger partial charge in [0.25, 0.3) is 0 Å². The number of piperazine rings is 3. The third-order valence-corrected chi connectivity index (χ3v) is 14.4. The smallest absolute Gasteiger partial charge is 0.325 e. The Labute approximate surface area is 573 Å². The number of carboxylic acid groups (broad SMARTS) is 1. The average molecular weight is 1480 g/mol. The second-order valence-electron chi connectivity index (χ2n) is 19.2. The second kappa shape index (κ2) is 38.6. The number of imidazole rings is 2. The number of amides is 1. The molecule has 0 aliphatic carbocycles. The predicted molar refractivity (Wildman–Crippen MR) is 367 cm³/mol. The van der Waals surface area contributed by atoms with E-state index < -0.39 is 5.97 Å². The van der Waals surface area contributed by atoms with E-state index in [1.54, 1.807) is 66.1 Å². The highest BCUT2D eigenvalue weighted by Crippen LogP contribution is 2.31. The Morgan fingerprint density at radius 2 is 1.10 bits per heavy atom. The third-order valence-electron chi connectivity index (χ3n) is 13.1. The van der Waals surface area contributed by atoms with E-state index in [1.165, 1.54) is 40.2 Å². The van der Waals surface area contributed by atoms with Crippen LogP contribution in [0.2, 0.25) is 15.1 Å². The van der Waals surface area contributed by atoms with Gasteiger partial charge in [-0.1, -0.05) is 49.7 Å². The number of halogens is 12. The van der Waals surface area contributed by atoms with Gasteiger partial charge in [0, 0.05) is 117 Å². The highest BCUT2D eigenvalue weighted by molar-refractivity contribution is 9.10. The van der Waals surface area contributed by atoms with Crippen LogP contribution in [0.4, 0.5) is 36.2 Å². The number of aromatic nitrogens is 12. The summed E-state index contributed by atoms with van der Waals surface area (Å²) in [5, 5.41) is 29.8. The summed E-state index contributed by atoms with van der Waals surface area (Å²) in [5.41, 5.74) is 14.7. The number of nitrogens with two attached hydrogens (primary N) is 2. The minimum Gasteiger partial charge on any atom is -0.480 e. The summed E-state index contributed by atoms with van der Waals surface area (Å²) in [6.07, 6.45) is 9.10. The molecule has 90 heavy (non-hydrogen) atoms. The number of H-pyrrole nitrogens is 2. The minimum atomic E-state index is -1.02. The zero-order valence-corrected chi connectivity index (χ0v) is 55.0. The lowest BCUT2D eigenvalue weighted by Gasteiger charge is -2.41. The van der Waals surface area contributed by atoms with Crippen molar-refractivity contribution in [1.29, 1.82) is 0 Å². The number of nitrogens with zero attached hydrogens (tertiary/aromatic N) is 13. The SMILES string of the molecule is C.C.C[C@H]1CN(c2ccc(Cl)cc2F)CCN1.C[C@H]1CN(c2ccc(Cl)cc2F)CCN1C(=O)Cn1nc(-c2ncc[nH]2)c2c(N)ncnc21.C[C@H]1CNCCN1.Cl.Cl.Cl.Cl.Cl.Fc1cc(Cl)ccc1Br.Nc1ncnc2c1c(-c1ncc[nH]1)nn2CC(=O)O. The normalized spacial score (nSPS) is 15.5. The van der Waals surface area contributed by atoms with Gasteiger partial charge < -0.3 is 57.2 Å². The number of carbonyl (C=O) groups excluding carboxylic acids is 1. The molecule has 0 radical (unpaired) electrons. The Morgan fingerprint density at radius 3 is 1.50 bits per heavy atom. The van der Waals surface area contributed by atoms with E-state index in [0.29, 0.717) is 108 Å². The summed E-state index contributed by atoms with van der Waals surface area (Å²) >= 11 is 20.0. The highest BCUT2D eigenvalue weighted by Gasteiger charge is 2.30. The van der Waals surface area contributed by atoms with Gasteiger partial charge in [0.15, 0.2) is 22.9 Å². The quantitative estimate of drug-likeness (QED) is 0.0656. The zero-order valence-electron chi connectivity index (χ0n) is 47.1. The summed E-state index contributed by atoms with van der Waals surface area (Å²) in [6.45, 7) is 13.3. The van der Waals surface area contributed by atoms with E-state index in [9.17, 15) is 22.8 Å². The molecule has 3 aliphatic rings. The van der Waals surface area contributed by atoms with Crippen molar-refractivity contribution >= 4 is 170 Å². The van der Waals surface area contributed by atoms with E-state index in [1.807, 2.05) is 16.7 Å². The molecule has 3 aliphatic heterocycles. The first-order valence-electron chi connectivity index (χ1n) is 26.0.